The Bertz CT molecular complexity index is 1140. The molecule has 3 aromatic carbocycles. The summed E-state index contributed by atoms with van der Waals surface area (Å²) in [7, 11) is -3.80. The fraction of sp³-hybridized carbons (Fsp3) is 0.150. The Labute approximate surface area is 165 Å². The van der Waals surface area contributed by atoms with Crippen molar-refractivity contribution in [1.29, 1.82) is 0 Å². The predicted molar refractivity (Wildman–Crippen MR) is 106 cm³/mol. The Kier molecular flexibility index (Phi) is 5.52. The lowest BCUT2D eigenvalue weighted by atomic mass is 10.1. The molecule has 3 rings (SSSR count). The van der Waals surface area contributed by atoms with Crippen LogP contribution in [0.15, 0.2) is 66.7 Å². The van der Waals surface area contributed by atoms with E-state index >= 15 is 0 Å². The van der Waals surface area contributed by atoms with Gasteiger partial charge in [-0.15, -0.1) is 0 Å². The molecular weight excluding hydrogens is 405 g/mol. The van der Waals surface area contributed by atoms with Crippen molar-refractivity contribution < 1.29 is 26.4 Å². The van der Waals surface area contributed by atoms with E-state index in [1.165, 1.54) is 0 Å². The molecule has 0 aromatic heterocycles. The van der Waals surface area contributed by atoms with Crippen molar-refractivity contribution in [2.75, 3.05) is 22.4 Å². The minimum absolute atomic E-state index is 0.134. The molecule has 0 aliphatic rings. The lowest BCUT2D eigenvalue weighted by Crippen LogP contribution is -2.37. The summed E-state index contributed by atoms with van der Waals surface area (Å²) >= 11 is 0. The van der Waals surface area contributed by atoms with Crippen LogP contribution in [0.25, 0.3) is 10.8 Å². The van der Waals surface area contributed by atoms with E-state index in [0.717, 1.165) is 40.2 Å². The van der Waals surface area contributed by atoms with Crippen molar-refractivity contribution in [2.45, 2.75) is 6.18 Å². The maximum absolute atomic E-state index is 12.6. The maximum atomic E-state index is 12.6. The second-order valence-electron chi connectivity index (χ2n) is 6.39. The average Bonchev–Trinajstić information content (AvgIpc) is 2.64. The Morgan fingerprint density at radius 2 is 1.59 bits per heavy atom. The number of amides is 1. The summed E-state index contributed by atoms with van der Waals surface area (Å²) in [5.41, 5.74) is -0.369. The van der Waals surface area contributed by atoms with Crippen molar-refractivity contribution in [1.82, 2.24) is 0 Å². The standard InChI is InChI=1S/C20H17F3N2O3S/c1-29(27,28)25(18-8-4-6-14-5-2-3-7-17(14)18)13-19(26)24-16-11-9-15(10-12-16)20(21,22)23/h2-12H,13H2,1H3,(H,24,26). The molecule has 3 aromatic rings. The molecule has 0 saturated carbocycles. The number of hydrogen-bond donors (Lipinski definition) is 1. The first-order chi connectivity index (χ1) is 13.6. The minimum atomic E-state index is -4.48. The highest BCUT2D eigenvalue weighted by Crippen LogP contribution is 2.30. The molecule has 1 N–H and O–H groups in total. The number of alkyl halides is 3. The van der Waals surface area contributed by atoms with Gasteiger partial charge in [0.1, 0.15) is 6.54 Å². The van der Waals surface area contributed by atoms with E-state index < -0.39 is 34.2 Å². The molecule has 0 atom stereocenters. The van der Waals surface area contributed by atoms with Gasteiger partial charge in [-0.3, -0.25) is 9.10 Å². The topological polar surface area (TPSA) is 66.5 Å². The number of carbonyl (C=O) groups is 1. The molecule has 5 nitrogen and oxygen atoms in total. The van der Waals surface area contributed by atoms with Crippen LogP contribution in [0.1, 0.15) is 5.56 Å². The van der Waals surface area contributed by atoms with Gasteiger partial charge in [-0.25, -0.2) is 8.42 Å². The molecule has 0 saturated heterocycles. The molecule has 9 heteroatoms. The minimum Gasteiger partial charge on any atom is -0.325 e. The second-order valence-corrected chi connectivity index (χ2v) is 8.30. The zero-order chi connectivity index (χ0) is 21.2. The summed E-state index contributed by atoms with van der Waals surface area (Å²) in [6.07, 6.45) is -3.50. The quantitative estimate of drug-likeness (QED) is 0.668. The van der Waals surface area contributed by atoms with E-state index in [9.17, 15) is 26.4 Å². The Morgan fingerprint density at radius 1 is 0.966 bits per heavy atom. The number of rotatable bonds is 5. The lowest BCUT2D eigenvalue weighted by molar-refractivity contribution is -0.137. The molecule has 0 bridgehead atoms. The van der Waals surface area contributed by atoms with E-state index in [2.05, 4.69) is 5.32 Å². The van der Waals surface area contributed by atoms with Gasteiger partial charge in [-0.1, -0.05) is 36.4 Å². The van der Waals surface area contributed by atoms with Gasteiger partial charge in [-0.2, -0.15) is 13.2 Å². The van der Waals surface area contributed by atoms with E-state index in [0.29, 0.717) is 11.1 Å². The summed E-state index contributed by atoms with van der Waals surface area (Å²) in [4.78, 5) is 12.4. The number of sulfonamides is 1. The Morgan fingerprint density at radius 3 is 2.21 bits per heavy atom. The van der Waals surface area contributed by atoms with Crippen LogP contribution in [-0.4, -0.2) is 27.1 Å². The summed E-state index contributed by atoms with van der Waals surface area (Å²) in [5, 5.41) is 3.89. The van der Waals surface area contributed by atoms with Crippen molar-refractivity contribution in [3.63, 3.8) is 0 Å². The molecule has 0 radical (unpaired) electrons. The smallest absolute Gasteiger partial charge is 0.325 e. The zero-order valence-corrected chi connectivity index (χ0v) is 16.1. The molecule has 0 aliphatic heterocycles. The number of anilines is 2. The average molecular weight is 422 g/mol. The number of nitrogens with zero attached hydrogens (tertiary/aromatic N) is 1. The van der Waals surface area contributed by atoms with Gasteiger partial charge in [0.25, 0.3) is 0 Å². The van der Waals surface area contributed by atoms with Crippen LogP contribution in [0.2, 0.25) is 0 Å². The highest BCUT2D eigenvalue weighted by molar-refractivity contribution is 7.92. The summed E-state index contributed by atoms with van der Waals surface area (Å²) in [6, 6.07) is 16.1. The molecule has 0 aliphatic carbocycles. The largest absolute Gasteiger partial charge is 0.416 e. The third kappa shape index (κ3) is 4.86. The highest BCUT2D eigenvalue weighted by atomic mass is 32.2. The molecule has 0 fully saturated rings. The van der Waals surface area contributed by atoms with Crippen LogP contribution < -0.4 is 9.62 Å². The highest BCUT2D eigenvalue weighted by Gasteiger charge is 2.30. The number of fused-ring (bicyclic) bond motifs is 1. The molecule has 29 heavy (non-hydrogen) atoms. The fourth-order valence-corrected chi connectivity index (χ4v) is 3.75. The number of carbonyl (C=O) groups excluding carboxylic acids is 1. The number of nitrogens with one attached hydrogen (secondary N) is 1. The summed E-state index contributed by atoms with van der Waals surface area (Å²) in [6.45, 7) is -0.520. The normalized spacial score (nSPS) is 12.0. The van der Waals surface area contributed by atoms with E-state index in [1.807, 2.05) is 18.2 Å². The first kappa shape index (κ1) is 20.7. The van der Waals surface area contributed by atoms with Crippen LogP contribution in [0, 0.1) is 0 Å². The van der Waals surface area contributed by atoms with Crippen LogP contribution in [-0.2, 0) is 21.0 Å². The SMILES string of the molecule is CS(=O)(=O)N(CC(=O)Nc1ccc(C(F)(F)F)cc1)c1cccc2ccccc12. The zero-order valence-electron chi connectivity index (χ0n) is 15.3. The van der Waals surface area contributed by atoms with E-state index in [1.54, 1.807) is 24.3 Å². The maximum Gasteiger partial charge on any atom is 0.416 e. The van der Waals surface area contributed by atoms with Gasteiger partial charge in [0, 0.05) is 11.1 Å². The van der Waals surface area contributed by atoms with Gasteiger partial charge in [0.05, 0.1) is 17.5 Å². The van der Waals surface area contributed by atoms with E-state index in [-0.39, 0.29) is 5.69 Å². The van der Waals surface area contributed by atoms with Crippen LogP contribution >= 0.6 is 0 Å². The predicted octanol–water partition coefficient (Wildman–Crippen LogP) is 4.26. The molecule has 152 valence electrons. The molecule has 0 unspecified atom stereocenters. The molecule has 0 spiro atoms. The number of benzene rings is 3. The van der Waals surface area contributed by atoms with Crippen molar-refractivity contribution in [2.24, 2.45) is 0 Å². The first-order valence-corrected chi connectivity index (χ1v) is 10.3. The van der Waals surface area contributed by atoms with Gasteiger partial charge >= 0.3 is 6.18 Å². The molecule has 1 amide bonds. The van der Waals surface area contributed by atoms with Crippen LogP contribution in [0.3, 0.4) is 0 Å². The van der Waals surface area contributed by atoms with Gasteiger partial charge in [-0.05, 0) is 35.7 Å². The summed E-state index contributed by atoms with van der Waals surface area (Å²) in [5.74, 6) is -0.678. The third-order valence-electron chi connectivity index (χ3n) is 4.22. The Hall–Kier alpha value is -3.07. The number of hydrogen-bond acceptors (Lipinski definition) is 3. The van der Waals surface area contributed by atoms with Crippen molar-refractivity contribution in [3.05, 3.63) is 72.3 Å². The molecular formula is C20H17F3N2O3S. The fourth-order valence-electron chi connectivity index (χ4n) is 2.88. The lowest BCUT2D eigenvalue weighted by Gasteiger charge is -2.23. The number of halogens is 3. The van der Waals surface area contributed by atoms with E-state index in [4.69, 9.17) is 0 Å². The van der Waals surface area contributed by atoms with Crippen LogP contribution in [0.5, 0.6) is 0 Å². The Balaban J connectivity index is 1.85. The summed E-state index contributed by atoms with van der Waals surface area (Å²) < 4.78 is 63.6. The van der Waals surface area contributed by atoms with Gasteiger partial charge in [0.15, 0.2) is 0 Å². The third-order valence-corrected chi connectivity index (χ3v) is 5.35. The van der Waals surface area contributed by atoms with Gasteiger partial charge < -0.3 is 5.32 Å². The van der Waals surface area contributed by atoms with Gasteiger partial charge in [0.2, 0.25) is 15.9 Å². The monoisotopic (exact) mass is 422 g/mol. The van der Waals surface area contributed by atoms with Crippen molar-refractivity contribution in [3.8, 4) is 0 Å². The van der Waals surface area contributed by atoms with Crippen LogP contribution in [0.4, 0.5) is 24.5 Å². The van der Waals surface area contributed by atoms with Crippen molar-refractivity contribution >= 4 is 38.1 Å². The second kappa shape index (κ2) is 7.75. The molecule has 0 heterocycles. The first-order valence-electron chi connectivity index (χ1n) is 8.48.